The molecular weight excluding hydrogens is 247 g/mol. The van der Waals surface area contributed by atoms with Crippen LogP contribution in [-0.4, -0.2) is 12.5 Å². The molecule has 5 heteroatoms. The molecule has 96 valence electrons. The molecule has 0 bridgehead atoms. The number of hydrogen-bond acceptors (Lipinski definition) is 3. The smallest absolute Gasteiger partial charge is 0.291 e. The van der Waals surface area contributed by atoms with Crippen molar-refractivity contribution >= 4 is 11.6 Å². The van der Waals surface area contributed by atoms with Gasteiger partial charge in [-0.25, -0.2) is 4.39 Å². The standard InChI is InChI=1S/C14H11FN2O2/c15-11-5-6-12(10(9-11)3-1-7-16)17-14(18)13-4-2-8-19-13/h2,4-6,8-9H,7,16H2,(H,17,18). The first-order valence-corrected chi connectivity index (χ1v) is 5.54. The minimum Gasteiger partial charge on any atom is -0.459 e. The van der Waals surface area contributed by atoms with Crippen molar-refractivity contribution in [2.24, 2.45) is 5.73 Å². The van der Waals surface area contributed by atoms with Crippen LogP contribution in [0.15, 0.2) is 41.0 Å². The average Bonchev–Trinajstić information content (AvgIpc) is 2.93. The predicted octanol–water partition coefficient (Wildman–Crippen LogP) is 1.98. The molecule has 4 nitrogen and oxygen atoms in total. The lowest BCUT2D eigenvalue weighted by atomic mass is 10.1. The van der Waals surface area contributed by atoms with Crippen LogP contribution in [-0.2, 0) is 0 Å². The van der Waals surface area contributed by atoms with Gasteiger partial charge in [-0.05, 0) is 30.3 Å². The number of carbonyl (C=O) groups excluding carboxylic acids is 1. The fourth-order valence-electron chi connectivity index (χ4n) is 1.47. The van der Waals surface area contributed by atoms with Gasteiger partial charge in [0.1, 0.15) is 5.82 Å². The highest BCUT2D eigenvalue weighted by Gasteiger charge is 2.11. The van der Waals surface area contributed by atoms with Crippen LogP contribution in [0.2, 0.25) is 0 Å². The minimum atomic E-state index is -0.433. The molecule has 2 aromatic rings. The number of halogens is 1. The third kappa shape index (κ3) is 3.21. The van der Waals surface area contributed by atoms with Gasteiger partial charge in [-0.2, -0.15) is 0 Å². The van der Waals surface area contributed by atoms with Crippen molar-refractivity contribution in [3.63, 3.8) is 0 Å². The molecule has 19 heavy (non-hydrogen) atoms. The van der Waals surface area contributed by atoms with E-state index in [0.29, 0.717) is 11.3 Å². The molecule has 0 saturated carbocycles. The Labute approximate surface area is 109 Å². The topological polar surface area (TPSA) is 68.3 Å². The summed E-state index contributed by atoms with van der Waals surface area (Å²) in [7, 11) is 0. The molecule has 0 fully saturated rings. The summed E-state index contributed by atoms with van der Waals surface area (Å²) in [6.07, 6.45) is 1.40. The Kier molecular flexibility index (Phi) is 3.96. The van der Waals surface area contributed by atoms with Gasteiger partial charge in [-0.3, -0.25) is 4.79 Å². The van der Waals surface area contributed by atoms with E-state index < -0.39 is 11.7 Å². The first kappa shape index (κ1) is 12.9. The zero-order valence-electron chi connectivity index (χ0n) is 9.94. The lowest BCUT2D eigenvalue weighted by molar-refractivity contribution is 0.0996. The minimum absolute atomic E-state index is 0.155. The Hall–Kier alpha value is -2.58. The van der Waals surface area contributed by atoms with Gasteiger partial charge in [-0.15, -0.1) is 0 Å². The van der Waals surface area contributed by atoms with E-state index in [9.17, 15) is 9.18 Å². The van der Waals surface area contributed by atoms with Crippen LogP contribution in [0.1, 0.15) is 16.1 Å². The molecule has 0 spiro atoms. The normalized spacial score (nSPS) is 9.58. The zero-order chi connectivity index (χ0) is 13.7. The molecule has 2 rings (SSSR count). The van der Waals surface area contributed by atoms with Crippen LogP contribution < -0.4 is 11.1 Å². The van der Waals surface area contributed by atoms with Crippen LogP contribution in [0.4, 0.5) is 10.1 Å². The van der Waals surface area contributed by atoms with E-state index in [-0.39, 0.29) is 12.3 Å². The van der Waals surface area contributed by atoms with Crippen molar-refractivity contribution in [1.29, 1.82) is 0 Å². The number of rotatable bonds is 2. The fourth-order valence-corrected chi connectivity index (χ4v) is 1.47. The summed E-state index contributed by atoms with van der Waals surface area (Å²) in [6, 6.07) is 7.06. The molecule has 1 aromatic carbocycles. The lowest BCUT2D eigenvalue weighted by Crippen LogP contribution is -2.12. The number of furan rings is 1. The molecule has 0 atom stereocenters. The molecule has 0 radical (unpaired) electrons. The Morgan fingerprint density at radius 1 is 1.42 bits per heavy atom. The summed E-state index contributed by atoms with van der Waals surface area (Å²) in [4.78, 5) is 11.8. The number of hydrogen-bond donors (Lipinski definition) is 2. The van der Waals surface area contributed by atoms with E-state index >= 15 is 0 Å². The molecule has 0 aliphatic heterocycles. The van der Waals surface area contributed by atoms with Crippen molar-refractivity contribution in [2.75, 3.05) is 11.9 Å². The van der Waals surface area contributed by atoms with Gasteiger partial charge in [0.25, 0.3) is 5.91 Å². The van der Waals surface area contributed by atoms with Gasteiger partial charge in [0.15, 0.2) is 5.76 Å². The number of nitrogens with one attached hydrogen (secondary N) is 1. The van der Waals surface area contributed by atoms with Crippen LogP contribution in [0.5, 0.6) is 0 Å². The molecular formula is C14H11FN2O2. The van der Waals surface area contributed by atoms with Crippen molar-refractivity contribution < 1.29 is 13.6 Å². The fraction of sp³-hybridized carbons (Fsp3) is 0.0714. The Morgan fingerprint density at radius 3 is 2.95 bits per heavy atom. The van der Waals surface area contributed by atoms with Gasteiger partial charge in [0.05, 0.1) is 24.1 Å². The number of nitrogens with two attached hydrogens (primary N) is 1. The highest BCUT2D eigenvalue weighted by Crippen LogP contribution is 2.17. The summed E-state index contributed by atoms with van der Waals surface area (Å²) >= 11 is 0. The van der Waals surface area contributed by atoms with Crippen LogP contribution in [0.25, 0.3) is 0 Å². The van der Waals surface area contributed by atoms with Crippen molar-refractivity contribution in [2.45, 2.75) is 0 Å². The summed E-state index contributed by atoms with van der Waals surface area (Å²) in [5.74, 6) is 4.63. The Balaban J connectivity index is 2.27. The maximum absolute atomic E-state index is 13.2. The number of amides is 1. The van der Waals surface area contributed by atoms with Crippen LogP contribution >= 0.6 is 0 Å². The molecule has 0 aliphatic rings. The van der Waals surface area contributed by atoms with Crippen molar-refractivity contribution in [3.8, 4) is 11.8 Å². The third-order valence-electron chi connectivity index (χ3n) is 2.30. The van der Waals surface area contributed by atoms with Gasteiger partial charge < -0.3 is 15.5 Å². The lowest BCUT2D eigenvalue weighted by Gasteiger charge is -2.06. The quantitative estimate of drug-likeness (QED) is 0.809. The van der Waals surface area contributed by atoms with E-state index in [1.54, 1.807) is 6.07 Å². The van der Waals surface area contributed by atoms with Gasteiger partial charge in [0, 0.05) is 0 Å². The van der Waals surface area contributed by atoms with Gasteiger partial charge in [-0.1, -0.05) is 11.8 Å². The zero-order valence-corrected chi connectivity index (χ0v) is 9.94. The first-order chi connectivity index (χ1) is 9.20. The highest BCUT2D eigenvalue weighted by atomic mass is 19.1. The summed E-state index contributed by atoms with van der Waals surface area (Å²) in [5, 5.41) is 2.61. The van der Waals surface area contributed by atoms with Crippen molar-refractivity contribution in [1.82, 2.24) is 0 Å². The number of benzene rings is 1. The highest BCUT2D eigenvalue weighted by molar-refractivity contribution is 6.02. The van der Waals surface area contributed by atoms with E-state index in [1.807, 2.05) is 0 Å². The SMILES string of the molecule is NCC#Cc1cc(F)ccc1NC(=O)c1ccco1. The molecule has 3 N–H and O–H groups in total. The van der Waals surface area contributed by atoms with Crippen molar-refractivity contribution in [3.05, 3.63) is 53.7 Å². The maximum atomic E-state index is 13.2. The average molecular weight is 258 g/mol. The van der Waals surface area contributed by atoms with Gasteiger partial charge in [0.2, 0.25) is 0 Å². The molecule has 1 aromatic heterocycles. The molecule has 0 aliphatic carbocycles. The molecule has 0 saturated heterocycles. The predicted molar refractivity (Wildman–Crippen MR) is 69.0 cm³/mol. The summed E-state index contributed by atoms with van der Waals surface area (Å²) in [6.45, 7) is 0.155. The molecule has 0 unspecified atom stereocenters. The second kappa shape index (κ2) is 5.85. The second-order valence-electron chi connectivity index (χ2n) is 3.63. The van der Waals surface area contributed by atoms with Crippen LogP contribution in [0, 0.1) is 17.7 Å². The second-order valence-corrected chi connectivity index (χ2v) is 3.63. The molecule has 1 heterocycles. The van der Waals surface area contributed by atoms with E-state index in [4.69, 9.17) is 10.2 Å². The van der Waals surface area contributed by atoms with Crippen LogP contribution in [0.3, 0.4) is 0 Å². The van der Waals surface area contributed by atoms with E-state index in [1.165, 1.54) is 30.5 Å². The Bertz CT molecular complexity index is 639. The molecule has 1 amide bonds. The number of carbonyl (C=O) groups is 1. The van der Waals surface area contributed by atoms with E-state index in [0.717, 1.165) is 0 Å². The first-order valence-electron chi connectivity index (χ1n) is 5.54. The monoisotopic (exact) mass is 258 g/mol. The summed E-state index contributed by atoms with van der Waals surface area (Å²) in [5.41, 5.74) is 6.05. The number of anilines is 1. The Morgan fingerprint density at radius 2 is 2.26 bits per heavy atom. The third-order valence-corrected chi connectivity index (χ3v) is 2.30. The largest absolute Gasteiger partial charge is 0.459 e. The maximum Gasteiger partial charge on any atom is 0.291 e. The summed E-state index contributed by atoms with van der Waals surface area (Å²) < 4.78 is 18.1. The van der Waals surface area contributed by atoms with E-state index in [2.05, 4.69) is 17.2 Å². The van der Waals surface area contributed by atoms with Gasteiger partial charge >= 0.3 is 0 Å².